The summed E-state index contributed by atoms with van der Waals surface area (Å²) in [6, 6.07) is 21.4. The lowest BCUT2D eigenvalue weighted by molar-refractivity contribution is -0.142. The van der Waals surface area contributed by atoms with E-state index in [2.05, 4.69) is 20.6 Å². The first kappa shape index (κ1) is 38.3. The van der Waals surface area contributed by atoms with Gasteiger partial charge in [-0.3, -0.25) is 19.2 Å². The molecule has 1 aliphatic heterocycles. The van der Waals surface area contributed by atoms with Crippen molar-refractivity contribution in [2.24, 2.45) is 16.6 Å². The number of aliphatic carboxylic acids is 1. The Morgan fingerprint density at radius 1 is 0.887 bits per heavy atom. The second-order valence-electron chi connectivity index (χ2n) is 12.8. The summed E-state index contributed by atoms with van der Waals surface area (Å²) < 4.78 is 17.9. The van der Waals surface area contributed by atoms with Gasteiger partial charge < -0.3 is 35.5 Å². The Morgan fingerprint density at radius 2 is 1.47 bits per heavy atom. The molecular formula is C37H39N6O9P. The van der Waals surface area contributed by atoms with Crippen molar-refractivity contribution in [3.63, 3.8) is 0 Å². The van der Waals surface area contributed by atoms with Gasteiger partial charge >= 0.3 is 13.6 Å². The number of aromatic nitrogens is 2. The normalized spacial score (nSPS) is 15.1. The third-order valence-corrected chi connectivity index (χ3v) is 8.93. The molecule has 3 aromatic carbocycles. The summed E-state index contributed by atoms with van der Waals surface area (Å²) >= 11 is 0. The smallest absolute Gasteiger partial charge is 0.373 e. The quantitative estimate of drug-likeness (QED) is 0.0987. The van der Waals surface area contributed by atoms with Crippen LogP contribution in [0.3, 0.4) is 0 Å². The molecule has 0 fully saturated rings. The Hall–Kier alpha value is -5.92. The van der Waals surface area contributed by atoms with Crippen LogP contribution < -0.4 is 20.9 Å². The molecule has 2 heterocycles. The summed E-state index contributed by atoms with van der Waals surface area (Å²) in [6.45, 7) is 0.721. The molecule has 16 heteroatoms. The fourth-order valence-electron chi connectivity index (χ4n) is 5.87. The largest absolute Gasteiger partial charge is 0.480 e. The van der Waals surface area contributed by atoms with Crippen molar-refractivity contribution >= 4 is 48.6 Å². The fourth-order valence-corrected chi connectivity index (χ4v) is 6.38. The molecule has 53 heavy (non-hydrogen) atoms. The first-order chi connectivity index (χ1) is 25.2. The molecular weight excluding hydrogens is 703 g/mol. The molecule has 4 atom stereocenters. The number of Topliss-reactive ketones (excluding diaryl/α,β-unsaturated/α-hetero) is 2. The Labute approximate surface area is 304 Å². The van der Waals surface area contributed by atoms with Crippen LogP contribution >= 0.6 is 7.60 Å². The highest BCUT2D eigenvalue weighted by molar-refractivity contribution is 7.52. The maximum Gasteiger partial charge on any atom is 0.373 e. The molecule has 2 amide bonds. The summed E-state index contributed by atoms with van der Waals surface area (Å²) in [5.74, 6) is -3.97. The zero-order chi connectivity index (χ0) is 38.1. The van der Waals surface area contributed by atoms with Crippen LogP contribution in [0.2, 0.25) is 0 Å². The number of amidine groups is 1. The van der Waals surface area contributed by atoms with E-state index in [-0.39, 0.29) is 67.5 Å². The topological polar surface area (TPSA) is 232 Å². The van der Waals surface area contributed by atoms with Crippen LogP contribution in [0.4, 0.5) is 5.82 Å². The van der Waals surface area contributed by atoms with Gasteiger partial charge in [-0.25, -0.2) is 19.3 Å². The van der Waals surface area contributed by atoms with Crippen molar-refractivity contribution in [3.8, 4) is 5.75 Å². The Bertz CT molecular complexity index is 2050. The zero-order valence-corrected chi connectivity index (χ0v) is 29.6. The van der Waals surface area contributed by atoms with Gasteiger partial charge in [0.25, 0.3) is 0 Å². The van der Waals surface area contributed by atoms with E-state index in [1.54, 1.807) is 54.6 Å². The highest BCUT2D eigenvalue weighted by Gasteiger charge is 2.32. The minimum atomic E-state index is -3.80. The van der Waals surface area contributed by atoms with Crippen LogP contribution in [0.5, 0.6) is 5.75 Å². The number of carboxylic acids is 1. The Kier molecular flexibility index (Phi) is 12.3. The van der Waals surface area contributed by atoms with Crippen LogP contribution in [-0.4, -0.2) is 73.5 Å². The minimum Gasteiger partial charge on any atom is -0.480 e. The second kappa shape index (κ2) is 17.1. The number of carboxylic acid groups (broad SMARTS) is 1. The third kappa shape index (κ3) is 11.0. The molecule has 5 rings (SSSR count). The second-order valence-corrected chi connectivity index (χ2v) is 14.5. The number of nitrogens with zero attached hydrogens (tertiary/aromatic N) is 3. The van der Waals surface area contributed by atoms with Gasteiger partial charge in [0.1, 0.15) is 24.2 Å². The van der Waals surface area contributed by atoms with E-state index in [1.807, 2.05) is 6.07 Å². The van der Waals surface area contributed by atoms with Gasteiger partial charge in [0.15, 0.2) is 23.1 Å². The lowest BCUT2D eigenvalue weighted by atomic mass is 9.89. The zero-order valence-electron chi connectivity index (χ0n) is 28.8. The SMILES string of the molecule is CP(=O)(O)Oc1ccc(CC(NC(=O)C(CC(=O)C(Cc2ccccc2)NC(=O)Cn2cnc3c2N=C(N)CC3=O)Cc2ccccc2)C(=O)O)cc1. The monoisotopic (exact) mass is 742 g/mol. The number of rotatable bonds is 17. The standard InChI is InChI=1S/C37H39N6O9P/c1-53(50,51)52-27-14-12-25(13-15-27)18-29(37(48)49)41-36(47)26(16-23-8-4-2-5-9-23)19-30(44)28(17-24-10-6-3-7-11-24)40-33(46)21-43-22-39-34-31(45)20-32(38)42-35(34)43/h2-15,22,26,28-29H,16-21H2,1H3,(H2,38,42)(H,40,46)(H,41,47)(H,48,49)(H,50,51). The lowest BCUT2D eigenvalue weighted by Gasteiger charge is -2.23. The number of hydrogen-bond acceptors (Lipinski definition) is 10. The van der Waals surface area contributed by atoms with Gasteiger partial charge in [0.05, 0.1) is 18.8 Å². The number of amides is 2. The molecule has 0 saturated carbocycles. The molecule has 0 radical (unpaired) electrons. The number of nitrogens with one attached hydrogen (secondary N) is 2. The van der Waals surface area contributed by atoms with E-state index in [0.717, 1.165) is 17.8 Å². The number of aliphatic imine (C=N–C) groups is 1. The first-order valence-corrected chi connectivity index (χ1v) is 18.7. The number of imidazole rings is 1. The number of ketones is 2. The number of carbonyl (C=O) groups is 5. The first-order valence-electron chi connectivity index (χ1n) is 16.7. The van der Waals surface area contributed by atoms with Gasteiger partial charge in [-0.2, -0.15) is 0 Å². The van der Waals surface area contributed by atoms with E-state index >= 15 is 0 Å². The van der Waals surface area contributed by atoms with Crippen LogP contribution in [0.25, 0.3) is 0 Å². The van der Waals surface area contributed by atoms with Crippen LogP contribution in [0, 0.1) is 5.92 Å². The van der Waals surface area contributed by atoms with Crippen LogP contribution in [0.1, 0.15) is 40.0 Å². The maximum absolute atomic E-state index is 14.1. The fraction of sp³-hybridized carbons (Fsp3) is 0.270. The Balaban J connectivity index is 1.34. The van der Waals surface area contributed by atoms with Crippen LogP contribution in [-0.2, 0) is 49.6 Å². The summed E-state index contributed by atoms with van der Waals surface area (Å²) in [4.78, 5) is 83.7. The van der Waals surface area contributed by atoms with Gasteiger partial charge in [-0.05, 0) is 41.7 Å². The molecule has 4 unspecified atom stereocenters. The average molecular weight is 743 g/mol. The number of carbonyl (C=O) groups excluding carboxylic acids is 4. The summed E-state index contributed by atoms with van der Waals surface area (Å²) in [5, 5.41) is 15.4. The Morgan fingerprint density at radius 3 is 2.08 bits per heavy atom. The predicted molar refractivity (Wildman–Crippen MR) is 194 cm³/mol. The lowest BCUT2D eigenvalue weighted by Crippen LogP contribution is -2.48. The molecule has 276 valence electrons. The van der Waals surface area contributed by atoms with Crippen molar-refractivity contribution in [3.05, 3.63) is 114 Å². The van der Waals surface area contributed by atoms with Crippen molar-refractivity contribution in [2.75, 3.05) is 6.66 Å². The molecule has 0 bridgehead atoms. The molecule has 1 aromatic heterocycles. The van der Waals surface area contributed by atoms with E-state index in [9.17, 15) is 38.5 Å². The number of fused-ring (bicyclic) bond motifs is 1. The highest BCUT2D eigenvalue weighted by atomic mass is 31.2. The molecule has 0 aliphatic carbocycles. The summed E-state index contributed by atoms with van der Waals surface area (Å²) in [5.41, 5.74) is 7.89. The molecule has 0 spiro atoms. The van der Waals surface area contributed by atoms with Gasteiger partial charge in [0.2, 0.25) is 11.8 Å². The van der Waals surface area contributed by atoms with Gasteiger partial charge in [0, 0.05) is 25.4 Å². The number of nitrogens with two attached hydrogens (primary N) is 1. The third-order valence-electron chi connectivity index (χ3n) is 8.38. The van der Waals surface area contributed by atoms with E-state index in [1.165, 1.54) is 35.2 Å². The van der Waals surface area contributed by atoms with Crippen molar-refractivity contribution in [1.82, 2.24) is 20.2 Å². The number of benzene rings is 3. The summed E-state index contributed by atoms with van der Waals surface area (Å²) in [6.07, 6.45) is 0.992. The minimum absolute atomic E-state index is 0.0766. The molecule has 1 aliphatic rings. The number of hydrogen-bond donors (Lipinski definition) is 5. The van der Waals surface area contributed by atoms with Gasteiger partial charge in [-0.1, -0.05) is 72.8 Å². The van der Waals surface area contributed by atoms with E-state index in [0.29, 0.717) is 5.56 Å². The molecule has 4 aromatic rings. The van der Waals surface area contributed by atoms with Crippen molar-refractivity contribution in [1.29, 1.82) is 0 Å². The van der Waals surface area contributed by atoms with E-state index < -0.39 is 49.2 Å². The van der Waals surface area contributed by atoms with Crippen molar-refractivity contribution in [2.45, 2.75) is 50.7 Å². The maximum atomic E-state index is 14.1. The molecule has 0 saturated heterocycles. The average Bonchev–Trinajstić information content (AvgIpc) is 3.50. The predicted octanol–water partition coefficient (Wildman–Crippen LogP) is 3.01. The summed E-state index contributed by atoms with van der Waals surface area (Å²) in [7, 11) is -3.80. The van der Waals surface area contributed by atoms with Crippen LogP contribution in [0.15, 0.2) is 96.2 Å². The molecule has 6 N–H and O–H groups in total. The van der Waals surface area contributed by atoms with Gasteiger partial charge in [-0.15, -0.1) is 0 Å². The van der Waals surface area contributed by atoms with Crippen molar-refractivity contribution < 1.29 is 43.1 Å². The highest BCUT2D eigenvalue weighted by Crippen LogP contribution is 2.38. The molecule has 15 nitrogen and oxygen atoms in total. The van der Waals surface area contributed by atoms with E-state index in [4.69, 9.17) is 10.3 Å².